The highest BCUT2D eigenvalue weighted by Crippen LogP contribution is 2.34. The average molecular weight is 439 g/mol. The molecule has 0 spiro atoms. The van der Waals surface area contributed by atoms with Gasteiger partial charge in [-0.25, -0.2) is 9.78 Å². The second-order valence-electron chi connectivity index (χ2n) is 7.03. The lowest BCUT2D eigenvalue weighted by Crippen LogP contribution is -2.38. The van der Waals surface area contributed by atoms with Crippen LogP contribution in [-0.4, -0.2) is 41.3 Å². The van der Waals surface area contributed by atoms with E-state index in [0.717, 1.165) is 11.3 Å². The van der Waals surface area contributed by atoms with Gasteiger partial charge in [-0.1, -0.05) is 12.1 Å². The fourth-order valence-corrected chi connectivity index (χ4v) is 3.27. The van der Waals surface area contributed by atoms with E-state index in [1.54, 1.807) is 18.6 Å². The van der Waals surface area contributed by atoms with E-state index in [0.29, 0.717) is 11.3 Å². The van der Waals surface area contributed by atoms with E-state index in [9.17, 15) is 14.9 Å². The van der Waals surface area contributed by atoms with Gasteiger partial charge in [0, 0.05) is 30.2 Å². The molecule has 0 aliphatic carbocycles. The smallest absolute Gasteiger partial charge is 0.315 e. The lowest BCUT2D eigenvalue weighted by molar-refractivity contribution is -0.385. The molecule has 10 heteroatoms. The number of amides is 2. The van der Waals surface area contributed by atoms with E-state index < -0.39 is 4.92 Å². The van der Waals surface area contributed by atoms with Gasteiger partial charge in [0.25, 0.3) is 5.69 Å². The Morgan fingerprint density at radius 2 is 1.88 bits per heavy atom. The molecule has 32 heavy (non-hydrogen) atoms. The molecule has 0 aliphatic rings. The minimum absolute atomic E-state index is 0.0868. The van der Waals surface area contributed by atoms with Crippen molar-refractivity contribution in [3.8, 4) is 17.2 Å². The van der Waals surface area contributed by atoms with Crippen molar-refractivity contribution in [2.45, 2.75) is 19.4 Å². The first-order valence-corrected chi connectivity index (χ1v) is 9.95. The molecule has 2 amide bonds. The number of carbonyl (C=O) groups excluding carboxylic acids is 1. The molecule has 1 aromatic heterocycles. The van der Waals surface area contributed by atoms with Gasteiger partial charge < -0.3 is 24.7 Å². The molecule has 168 valence electrons. The van der Waals surface area contributed by atoms with Gasteiger partial charge in [0.15, 0.2) is 11.5 Å². The summed E-state index contributed by atoms with van der Waals surface area (Å²) in [5, 5.41) is 17.0. The van der Waals surface area contributed by atoms with Crippen LogP contribution in [0.15, 0.2) is 55.1 Å². The van der Waals surface area contributed by atoms with Crippen molar-refractivity contribution >= 4 is 11.7 Å². The summed E-state index contributed by atoms with van der Waals surface area (Å²) in [6, 6.07) is 10.1. The van der Waals surface area contributed by atoms with Crippen molar-refractivity contribution in [3.05, 3.63) is 76.4 Å². The molecule has 1 heterocycles. The lowest BCUT2D eigenvalue weighted by Gasteiger charge is -2.16. The van der Waals surface area contributed by atoms with Crippen LogP contribution in [0.4, 0.5) is 10.5 Å². The quantitative estimate of drug-likeness (QED) is 0.389. The lowest BCUT2D eigenvalue weighted by atomic mass is 10.1. The summed E-state index contributed by atoms with van der Waals surface area (Å²) in [6.45, 7) is 2.10. The van der Waals surface area contributed by atoms with Crippen molar-refractivity contribution in [3.63, 3.8) is 0 Å². The number of nitrogens with zero attached hydrogens (tertiary/aromatic N) is 3. The van der Waals surface area contributed by atoms with Crippen LogP contribution in [0.25, 0.3) is 5.69 Å². The van der Waals surface area contributed by atoms with Gasteiger partial charge in [0.2, 0.25) is 0 Å². The Hall–Kier alpha value is -4.08. The minimum atomic E-state index is -0.479. The second-order valence-corrected chi connectivity index (χ2v) is 7.03. The predicted molar refractivity (Wildman–Crippen MR) is 118 cm³/mol. The molecule has 3 aromatic rings. The van der Waals surface area contributed by atoms with Crippen LogP contribution in [0.5, 0.6) is 11.5 Å². The minimum Gasteiger partial charge on any atom is -0.493 e. The number of benzene rings is 2. The zero-order valence-electron chi connectivity index (χ0n) is 18.1. The van der Waals surface area contributed by atoms with E-state index in [4.69, 9.17) is 9.47 Å². The number of ether oxygens (including phenoxy) is 2. The highest BCUT2D eigenvalue weighted by atomic mass is 16.6. The summed E-state index contributed by atoms with van der Waals surface area (Å²) in [4.78, 5) is 27.2. The molecule has 1 atom stereocenters. The molecule has 0 saturated heterocycles. The van der Waals surface area contributed by atoms with Crippen molar-refractivity contribution < 1.29 is 19.2 Å². The third-order valence-corrected chi connectivity index (χ3v) is 5.00. The Morgan fingerprint density at radius 1 is 1.19 bits per heavy atom. The van der Waals surface area contributed by atoms with Gasteiger partial charge in [-0.3, -0.25) is 10.1 Å². The van der Waals surface area contributed by atoms with Crippen molar-refractivity contribution in [1.82, 2.24) is 20.2 Å². The van der Waals surface area contributed by atoms with Gasteiger partial charge in [0.1, 0.15) is 0 Å². The number of hydrogen-bond donors (Lipinski definition) is 2. The van der Waals surface area contributed by atoms with Crippen LogP contribution >= 0.6 is 0 Å². The van der Waals surface area contributed by atoms with Crippen molar-refractivity contribution in [2.24, 2.45) is 0 Å². The maximum absolute atomic E-state index is 12.3. The average Bonchev–Trinajstić information content (AvgIpc) is 3.33. The summed E-state index contributed by atoms with van der Waals surface area (Å²) < 4.78 is 12.2. The van der Waals surface area contributed by atoms with Crippen LogP contribution in [0, 0.1) is 10.1 Å². The number of urea groups is 1. The number of carbonyl (C=O) groups is 1. The molecule has 2 aromatic carbocycles. The largest absolute Gasteiger partial charge is 0.493 e. The third kappa shape index (κ3) is 5.34. The van der Waals surface area contributed by atoms with Gasteiger partial charge >= 0.3 is 6.03 Å². The maximum atomic E-state index is 12.3. The van der Waals surface area contributed by atoms with Gasteiger partial charge in [-0.05, 0) is 37.1 Å². The molecule has 0 radical (unpaired) electrons. The van der Waals surface area contributed by atoms with Crippen LogP contribution in [0.1, 0.15) is 24.1 Å². The Morgan fingerprint density at radius 3 is 2.47 bits per heavy atom. The maximum Gasteiger partial charge on any atom is 0.315 e. The fraction of sp³-hybridized carbons (Fsp3) is 0.273. The van der Waals surface area contributed by atoms with E-state index >= 15 is 0 Å². The summed E-state index contributed by atoms with van der Waals surface area (Å²) in [5.74, 6) is 0.673. The van der Waals surface area contributed by atoms with E-state index in [2.05, 4.69) is 15.6 Å². The summed E-state index contributed by atoms with van der Waals surface area (Å²) in [6.07, 6.45) is 5.54. The van der Waals surface area contributed by atoms with Gasteiger partial charge in [0.05, 0.1) is 37.6 Å². The molecular formula is C22H25N5O5. The summed E-state index contributed by atoms with van der Waals surface area (Å²) in [5.41, 5.74) is 2.27. The molecule has 1 unspecified atom stereocenters. The fourth-order valence-electron chi connectivity index (χ4n) is 3.27. The molecule has 0 fully saturated rings. The first-order chi connectivity index (χ1) is 15.4. The number of nitrogens with one attached hydrogen (secondary N) is 2. The van der Waals surface area contributed by atoms with Gasteiger partial charge in [-0.2, -0.15) is 0 Å². The first-order valence-electron chi connectivity index (χ1n) is 9.95. The number of hydrogen-bond acceptors (Lipinski definition) is 6. The monoisotopic (exact) mass is 439 g/mol. The molecule has 2 N–H and O–H groups in total. The van der Waals surface area contributed by atoms with Gasteiger partial charge in [-0.15, -0.1) is 0 Å². The van der Waals surface area contributed by atoms with Crippen LogP contribution in [0.3, 0.4) is 0 Å². The molecular weight excluding hydrogens is 414 g/mol. The Bertz CT molecular complexity index is 1070. The predicted octanol–water partition coefficient (Wildman–Crippen LogP) is 3.40. The van der Waals surface area contributed by atoms with E-state index in [-0.39, 0.29) is 36.5 Å². The Balaban J connectivity index is 1.56. The van der Waals surface area contributed by atoms with Crippen LogP contribution in [0.2, 0.25) is 0 Å². The van der Waals surface area contributed by atoms with Crippen molar-refractivity contribution in [1.29, 1.82) is 0 Å². The van der Waals surface area contributed by atoms with Crippen LogP contribution in [-0.2, 0) is 6.42 Å². The molecule has 0 aliphatic heterocycles. The normalized spacial score (nSPS) is 11.5. The number of methoxy groups -OCH3 is 2. The van der Waals surface area contributed by atoms with E-state index in [1.807, 2.05) is 42.0 Å². The van der Waals surface area contributed by atoms with Crippen molar-refractivity contribution in [2.75, 3.05) is 20.8 Å². The number of rotatable bonds is 9. The molecule has 0 saturated carbocycles. The zero-order valence-corrected chi connectivity index (χ0v) is 18.1. The molecule has 3 rings (SSSR count). The second kappa shape index (κ2) is 10.3. The zero-order chi connectivity index (χ0) is 23.1. The highest BCUT2D eigenvalue weighted by molar-refractivity contribution is 5.74. The highest BCUT2D eigenvalue weighted by Gasteiger charge is 2.19. The first kappa shape index (κ1) is 22.6. The SMILES string of the molecule is COc1cc(CCNC(=O)NC(C)c2ccc(-n3ccnc3)cc2)c([N+](=O)[O-])cc1OC. The third-order valence-electron chi connectivity index (χ3n) is 5.00. The summed E-state index contributed by atoms with van der Waals surface area (Å²) >= 11 is 0. The Labute approximate surface area is 185 Å². The molecule has 0 bridgehead atoms. The number of nitro benzene ring substituents is 1. The topological polar surface area (TPSA) is 121 Å². The standard InChI is InChI=1S/C22H25N5O5/c1-15(16-4-6-18(7-5-16)26-11-10-23-14-26)25-22(28)24-9-8-17-12-20(31-2)21(32-3)13-19(17)27(29)30/h4-7,10-15H,8-9H2,1-3H3,(H2,24,25,28). The number of imidazole rings is 1. The van der Waals surface area contributed by atoms with Crippen LogP contribution < -0.4 is 20.1 Å². The Kier molecular flexibility index (Phi) is 7.27. The van der Waals surface area contributed by atoms with E-state index in [1.165, 1.54) is 20.3 Å². The number of aromatic nitrogens is 2. The number of nitro groups is 1. The molecule has 10 nitrogen and oxygen atoms in total. The summed E-state index contributed by atoms with van der Waals surface area (Å²) in [7, 11) is 2.88.